The molecule has 0 unspecified atom stereocenters. The molecule has 1 aliphatic rings. The summed E-state index contributed by atoms with van der Waals surface area (Å²) in [6, 6.07) is 3.82. The van der Waals surface area contributed by atoms with E-state index in [0.717, 1.165) is 11.5 Å². The van der Waals surface area contributed by atoms with Crippen molar-refractivity contribution in [1.29, 1.82) is 0 Å². The Morgan fingerprint density at radius 3 is 3.44 bits per heavy atom. The van der Waals surface area contributed by atoms with Crippen molar-refractivity contribution in [2.24, 2.45) is 0 Å². The Morgan fingerprint density at radius 2 is 2.56 bits per heavy atom. The Hall–Kier alpha value is -1.38. The minimum Gasteiger partial charge on any atom is -0.271 e. The van der Waals surface area contributed by atoms with E-state index in [1.165, 1.54) is 0 Å². The van der Waals surface area contributed by atoms with Gasteiger partial charge < -0.3 is 0 Å². The number of hydrogen-bond donors (Lipinski definition) is 1. The first kappa shape index (κ1) is 4.49. The predicted molar refractivity (Wildman–Crippen MR) is 35.7 cm³/mol. The van der Waals surface area contributed by atoms with Gasteiger partial charge in [0.25, 0.3) is 0 Å². The molecule has 0 aromatic carbocycles. The van der Waals surface area contributed by atoms with Crippen LogP contribution in [0.4, 0.5) is 11.5 Å². The van der Waals surface area contributed by atoms with E-state index in [2.05, 4.69) is 15.3 Å². The predicted octanol–water partition coefficient (Wildman–Crippen LogP) is 0.503. The van der Waals surface area contributed by atoms with Gasteiger partial charge in [0, 0.05) is 0 Å². The zero-order valence-corrected chi connectivity index (χ0v) is 4.70. The summed E-state index contributed by atoms with van der Waals surface area (Å²) in [4.78, 5) is 7.95. The second kappa shape index (κ2) is 1.55. The second-order valence-corrected chi connectivity index (χ2v) is 1.78. The van der Waals surface area contributed by atoms with Gasteiger partial charge in [0.15, 0.2) is 5.69 Å². The van der Waals surface area contributed by atoms with Gasteiger partial charge in [-0.1, -0.05) is 4.99 Å². The number of aliphatic imine (C=N–C) groups is 1. The number of aromatic nitrogens is 1. The fourth-order valence-electron chi connectivity index (χ4n) is 0.775. The van der Waals surface area contributed by atoms with Gasteiger partial charge >= 0.3 is 5.82 Å². The molecule has 3 nitrogen and oxygen atoms in total. The van der Waals surface area contributed by atoms with Gasteiger partial charge in [-0.25, -0.2) is 0 Å². The monoisotopic (exact) mass is 119 g/mol. The second-order valence-electron chi connectivity index (χ2n) is 1.78. The first-order chi connectivity index (χ1) is 4.47. The van der Waals surface area contributed by atoms with Crippen molar-refractivity contribution in [1.82, 2.24) is 9.98 Å². The molecule has 0 spiro atoms. The molecule has 1 N–H and O–H groups in total. The molecule has 2 heterocycles. The fourth-order valence-corrected chi connectivity index (χ4v) is 0.775. The summed E-state index contributed by atoms with van der Waals surface area (Å²) in [6.07, 6.45) is 3.36. The lowest BCUT2D eigenvalue weighted by molar-refractivity contribution is 1.24. The van der Waals surface area contributed by atoms with E-state index in [1.54, 1.807) is 12.5 Å². The minimum atomic E-state index is 0.775. The highest BCUT2D eigenvalue weighted by molar-refractivity contribution is 5.87. The highest BCUT2D eigenvalue weighted by Crippen LogP contribution is 2.17. The van der Waals surface area contributed by atoms with Crippen molar-refractivity contribution >= 4 is 17.8 Å². The molecule has 43 valence electrons. The van der Waals surface area contributed by atoms with Crippen LogP contribution in [-0.4, -0.2) is 11.3 Å². The molecule has 1 aromatic rings. The molecule has 0 saturated heterocycles. The molecule has 3 heteroatoms. The number of hydrogen-bond acceptors (Lipinski definition) is 3. The summed E-state index contributed by atoms with van der Waals surface area (Å²) in [5.41, 5.74) is 0.984. The third kappa shape index (κ3) is 0.579. The lowest BCUT2D eigenvalue weighted by atomic mass is 10.4. The largest absolute Gasteiger partial charge is 0.335 e. The van der Waals surface area contributed by atoms with E-state index in [9.17, 15) is 0 Å². The molecular formula is C6H5N3+. The Labute approximate surface area is 52.5 Å². The number of nitrogens with zero attached hydrogens (tertiary/aromatic N) is 2. The molecule has 0 atom stereocenters. The third-order valence-corrected chi connectivity index (χ3v) is 1.19. The van der Waals surface area contributed by atoms with Crippen molar-refractivity contribution in [3.8, 4) is 0 Å². The zero-order valence-electron chi connectivity index (χ0n) is 4.70. The van der Waals surface area contributed by atoms with Crippen molar-refractivity contribution in [2.45, 2.75) is 0 Å². The van der Waals surface area contributed by atoms with Crippen LogP contribution in [0.1, 0.15) is 0 Å². The summed E-state index contributed by atoms with van der Waals surface area (Å²) in [5, 5.41) is 2.95. The highest BCUT2D eigenvalue weighted by Gasteiger charge is 2.13. The first-order valence-corrected chi connectivity index (χ1v) is 2.71. The van der Waals surface area contributed by atoms with Crippen LogP contribution in [0.5, 0.6) is 0 Å². The Balaban J connectivity index is 2.63. The summed E-state index contributed by atoms with van der Waals surface area (Å²) >= 11 is 0. The number of pyridine rings is 1. The van der Waals surface area contributed by atoms with Gasteiger partial charge in [0.2, 0.25) is 6.34 Å². The van der Waals surface area contributed by atoms with Crippen LogP contribution < -0.4 is 10.3 Å². The number of rotatable bonds is 0. The van der Waals surface area contributed by atoms with Gasteiger partial charge in [0.1, 0.15) is 6.20 Å². The van der Waals surface area contributed by atoms with Gasteiger partial charge in [-0.05, 0) is 12.1 Å². The summed E-state index contributed by atoms with van der Waals surface area (Å²) < 4.78 is 0. The third-order valence-electron chi connectivity index (χ3n) is 1.19. The topological polar surface area (TPSA) is 39.0 Å². The van der Waals surface area contributed by atoms with E-state index in [0.29, 0.717) is 0 Å². The summed E-state index contributed by atoms with van der Waals surface area (Å²) in [7, 11) is 0. The SMILES string of the molecule is C1=[N+]c2ncccc2N1. The fraction of sp³-hybridized carbons (Fsp3) is 0. The zero-order chi connectivity index (χ0) is 6.10. The Kier molecular flexibility index (Phi) is 0.773. The quantitative estimate of drug-likeness (QED) is 0.540. The van der Waals surface area contributed by atoms with Crippen molar-refractivity contribution < 1.29 is 0 Å². The summed E-state index contributed by atoms with van der Waals surface area (Å²) in [5.74, 6) is 0.775. The van der Waals surface area contributed by atoms with Crippen molar-refractivity contribution in [2.75, 3.05) is 5.32 Å². The van der Waals surface area contributed by atoms with Crippen LogP contribution in [0.3, 0.4) is 0 Å². The van der Waals surface area contributed by atoms with Gasteiger partial charge in [-0.2, -0.15) is 0 Å². The molecule has 1 aromatic heterocycles. The first-order valence-electron chi connectivity index (χ1n) is 2.71. The van der Waals surface area contributed by atoms with Crippen LogP contribution in [0.25, 0.3) is 0 Å². The number of nitrogens with one attached hydrogen (secondary N) is 1. The maximum atomic E-state index is 4.00. The molecule has 1 radical (unpaired) electrons. The van der Waals surface area contributed by atoms with Gasteiger partial charge in [0.05, 0.1) is 0 Å². The minimum absolute atomic E-state index is 0.775. The molecule has 2 rings (SSSR count). The highest BCUT2D eigenvalue weighted by atomic mass is 15.1. The molecule has 0 saturated carbocycles. The molecule has 0 fully saturated rings. The lowest BCUT2D eigenvalue weighted by Gasteiger charge is -1.82. The molecule has 1 aliphatic heterocycles. The summed E-state index contributed by atoms with van der Waals surface area (Å²) in [6.45, 7) is 0. The average molecular weight is 119 g/mol. The average Bonchev–Trinajstić information content (AvgIpc) is 2.33. The van der Waals surface area contributed by atoms with E-state index < -0.39 is 0 Å². The van der Waals surface area contributed by atoms with Crippen LogP contribution in [-0.2, 0) is 0 Å². The maximum Gasteiger partial charge on any atom is 0.335 e. The number of fused-ring (bicyclic) bond motifs is 1. The molecule has 9 heavy (non-hydrogen) atoms. The van der Waals surface area contributed by atoms with E-state index >= 15 is 0 Å². The van der Waals surface area contributed by atoms with E-state index in [4.69, 9.17) is 0 Å². The van der Waals surface area contributed by atoms with E-state index in [1.807, 2.05) is 12.1 Å². The normalized spacial score (nSPS) is 12.9. The van der Waals surface area contributed by atoms with Crippen molar-refractivity contribution in [3.63, 3.8) is 0 Å². The van der Waals surface area contributed by atoms with Crippen LogP contribution in [0.2, 0.25) is 0 Å². The van der Waals surface area contributed by atoms with Crippen LogP contribution >= 0.6 is 0 Å². The molecule has 0 aliphatic carbocycles. The molecular weight excluding hydrogens is 114 g/mol. The molecule has 0 amide bonds. The van der Waals surface area contributed by atoms with Gasteiger partial charge in [-0.15, -0.1) is 4.98 Å². The van der Waals surface area contributed by atoms with Crippen LogP contribution in [0, 0.1) is 0 Å². The standard InChI is InChI=1S/C6H5N3/c1-2-5-6(7-3-1)9-4-8-5/h1-4,8H/q+1. The molecule has 0 bridgehead atoms. The number of anilines is 1. The van der Waals surface area contributed by atoms with Crippen molar-refractivity contribution in [3.05, 3.63) is 18.3 Å². The van der Waals surface area contributed by atoms with E-state index in [-0.39, 0.29) is 0 Å². The smallest absolute Gasteiger partial charge is 0.271 e. The lowest BCUT2D eigenvalue weighted by Crippen LogP contribution is -1.86. The Morgan fingerprint density at radius 1 is 1.56 bits per heavy atom. The van der Waals surface area contributed by atoms with Crippen LogP contribution in [0.15, 0.2) is 18.3 Å². The Bertz CT molecular complexity index is 254. The van der Waals surface area contributed by atoms with Gasteiger partial charge in [-0.3, -0.25) is 5.32 Å². The maximum absolute atomic E-state index is 4.00.